The molecule has 5 heavy (non-hydrogen) atoms. The first-order valence-corrected chi connectivity index (χ1v) is 0.908. The van der Waals surface area contributed by atoms with E-state index in [1.165, 1.54) is 0 Å². The topological polar surface area (TPSA) is 40.5 Å². The molecule has 2 heteroatoms. The van der Waals surface area contributed by atoms with E-state index >= 15 is 0 Å². The Morgan fingerprint density at radius 3 is 3.60 bits per heavy atom. The monoisotopic (exact) mass is 84.1 g/mol. The van der Waals surface area contributed by atoms with E-state index in [0.717, 1.165) is 0 Å². The average Bonchev–Trinajstić information content (AvgIpc) is 2.00. The Bertz CT molecular complexity index is 171. The lowest BCUT2D eigenvalue weighted by Crippen LogP contribution is -1.99. The van der Waals surface area contributed by atoms with Crippen molar-refractivity contribution in [1.29, 1.82) is 2.86 Å². The van der Waals surface area contributed by atoms with E-state index in [9.17, 15) is 0 Å². The van der Waals surface area contributed by atoms with Gasteiger partial charge in [-0.1, -0.05) is 6.85 Å². The van der Waals surface area contributed by atoms with Gasteiger partial charge in [-0.25, -0.2) is 0 Å². The molecule has 0 aliphatic heterocycles. The second-order valence-electron chi connectivity index (χ2n) is 0.412. The van der Waals surface area contributed by atoms with Gasteiger partial charge in [0.2, 0.25) is 2.86 Å². The molecule has 0 saturated carbocycles. The highest BCUT2D eigenvalue weighted by Gasteiger charge is 1.83. The molecule has 0 amide bonds. The average molecular weight is 84.1 g/mol. The lowest BCUT2D eigenvalue weighted by atomic mass is 10.5. The normalized spacial score (nSPS) is 40.0. The minimum atomic E-state index is -3.26. The molecule has 0 aromatic heterocycles. The zero-order chi connectivity index (χ0) is 10.9. The summed E-state index contributed by atoms with van der Waals surface area (Å²) < 4.78 is 53.5. The molecule has 0 saturated heterocycles. The van der Waals surface area contributed by atoms with E-state index in [0.29, 0.717) is 0 Å². The van der Waals surface area contributed by atoms with Crippen LogP contribution >= 0.6 is 0 Å². The maximum Gasteiger partial charge on any atom is 0.213 e. The third-order valence-electron chi connectivity index (χ3n) is 0.102. The Hall–Kier alpha value is -0.0800. The van der Waals surface area contributed by atoms with Gasteiger partial charge in [0.05, 0.1) is 1.37 Å². The number of hydrogen-bond donors (Lipinski definition) is 2. The summed E-state index contributed by atoms with van der Waals surface area (Å²) in [5, 5.41) is 6.90. The maximum absolute atomic E-state index is 6.96. The Balaban J connectivity index is 5.00. The van der Waals surface area contributed by atoms with Crippen LogP contribution in [0.2, 0.25) is 0 Å². The molecule has 0 aliphatic rings. The Morgan fingerprint density at radius 2 is 3.40 bits per heavy atom. The third kappa shape index (κ3) is 3.92. The minimum Gasteiger partial charge on any atom is -0.368 e. The quantitative estimate of drug-likeness (QED) is 0.461. The van der Waals surface area contributed by atoms with Crippen LogP contribution in [-0.4, -0.2) is 19.3 Å². The van der Waals surface area contributed by atoms with Crippen molar-refractivity contribution in [3.8, 4) is 0 Å². The molecule has 0 rings (SSSR count). The van der Waals surface area contributed by atoms with Crippen molar-refractivity contribution in [2.75, 3.05) is 0 Å². The van der Waals surface area contributed by atoms with E-state index in [4.69, 9.17) is 11.1 Å². The van der Waals surface area contributed by atoms with Gasteiger partial charge in [-0.15, -0.1) is 0 Å². The van der Waals surface area contributed by atoms with Crippen LogP contribution in [-0.2, 0) is 0 Å². The van der Waals surface area contributed by atoms with Crippen molar-refractivity contribution in [1.82, 2.24) is 0 Å². The summed E-state index contributed by atoms with van der Waals surface area (Å²) in [5.41, 5.74) is 0. The summed E-state index contributed by atoms with van der Waals surface area (Å²) in [6.45, 7) is -3.21. The molecule has 0 aromatic carbocycles. The summed E-state index contributed by atoms with van der Waals surface area (Å²) in [4.78, 5) is 0. The van der Waals surface area contributed by atoms with Crippen molar-refractivity contribution < 1.29 is 18.4 Å². The van der Waals surface area contributed by atoms with Gasteiger partial charge in [0.15, 0.2) is 6.27 Å². The summed E-state index contributed by atoms with van der Waals surface area (Å²) in [5.74, 6) is 0. The third-order valence-corrected chi connectivity index (χ3v) is 0.102. The lowest BCUT2D eigenvalue weighted by molar-refractivity contribution is -0.0413. The van der Waals surface area contributed by atoms with Crippen LogP contribution in [0, 0.1) is 0 Å². The fourth-order valence-corrected chi connectivity index (χ4v) is 0. The first kappa shape index (κ1) is 0.532. The fourth-order valence-electron chi connectivity index (χ4n) is 0. The Labute approximate surface area is 42.5 Å². The molecular weight excluding hydrogens is 68.0 g/mol. The summed E-state index contributed by atoms with van der Waals surface area (Å²) in [6, 6.07) is 0. The highest BCUT2D eigenvalue weighted by molar-refractivity contribution is 4.21. The smallest absolute Gasteiger partial charge is 0.213 e. The first-order valence-electron chi connectivity index (χ1n) is 4.72. The summed E-state index contributed by atoms with van der Waals surface area (Å²) in [6.07, 6.45) is -6.44. The van der Waals surface area contributed by atoms with E-state index in [1.807, 2.05) is 0 Å². The van der Waals surface area contributed by atoms with Crippen LogP contribution in [0.4, 0.5) is 0 Å². The van der Waals surface area contributed by atoms with Gasteiger partial charge in [-0.05, 0) is 6.37 Å². The number of hydrogen-bond acceptors (Lipinski definition) is 2. The zero-order valence-corrected chi connectivity index (χ0v) is 2.32. The summed E-state index contributed by atoms with van der Waals surface area (Å²) in [7, 11) is 0. The molecular formula is C3H8O2. The number of rotatable bonds is 3. The largest absolute Gasteiger partial charge is 0.368 e. The van der Waals surface area contributed by atoms with Gasteiger partial charge in [0.1, 0.15) is 0 Å². The first-order chi connectivity index (χ1) is 5.62. The minimum absolute atomic E-state index is 3.18. The van der Waals surface area contributed by atoms with Gasteiger partial charge in [-0.2, -0.15) is 0 Å². The van der Waals surface area contributed by atoms with Crippen LogP contribution in [0.1, 0.15) is 21.4 Å². The van der Waals surface area contributed by atoms with E-state index < -0.39 is 19.5 Å². The van der Waals surface area contributed by atoms with Crippen LogP contribution in [0.5, 0.6) is 0 Å². The molecule has 0 bridgehead atoms. The van der Waals surface area contributed by atoms with Crippen molar-refractivity contribution in [3.05, 3.63) is 0 Å². The molecule has 0 heterocycles. The lowest BCUT2D eigenvalue weighted by Gasteiger charge is -1.90. The van der Waals surface area contributed by atoms with Gasteiger partial charge in [-0.3, -0.25) is 0 Å². The molecule has 0 unspecified atom stereocenters. The predicted octanol–water partition coefficient (Wildman–Crippen LogP) is -0.293. The molecule has 32 valence electrons. The van der Waals surface area contributed by atoms with Crippen molar-refractivity contribution >= 4 is 0 Å². The van der Waals surface area contributed by atoms with Crippen LogP contribution in [0.25, 0.3) is 0 Å². The standard InChI is InChI=1S/C3H8O2/c1-2-3(4)5/h3-5H,2H2,1H3/i1D3,2D2,3D,4D,5D. The fraction of sp³-hybridized carbons (Fsp3) is 1.00. The predicted molar refractivity (Wildman–Crippen MR) is 18.5 cm³/mol. The van der Waals surface area contributed by atoms with Gasteiger partial charge in [0, 0.05) is 6.85 Å². The molecule has 0 radical (unpaired) electrons. The Kier molecular flexibility index (Phi) is 0.231. The van der Waals surface area contributed by atoms with Crippen LogP contribution in [0.15, 0.2) is 0 Å². The van der Waals surface area contributed by atoms with E-state index in [2.05, 4.69) is 10.2 Å². The molecule has 0 atom stereocenters. The number of aliphatic hydroxyl groups is 2. The highest BCUT2D eigenvalue weighted by atomic mass is 16.5. The maximum atomic E-state index is 6.96. The SMILES string of the molecule is [2H]OC([2H])(O[2H])C([2H])([2H])C([2H])([2H])[2H]. The van der Waals surface area contributed by atoms with Crippen LogP contribution in [0.3, 0.4) is 0 Å². The van der Waals surface area contributed by atoms with Crippen molar-refractivity contribution in [2.24, 2.45) is 0 Å². The van der Waals surface area contributed by atoms with Gasteiger partial charge < -0.3 is 10.2 Å². The second-order valence-corrected chi connectivity index (χ2v) is 0.412. The Morgan fingerprint density at radius 1 is 2.60 bits per heavy atom. The van der Waals surface area contributed by atoms with E-state index in [-0.39, 0.29) is 0 Å². The van der Waals surface area contributed by atoms with Crippen molar-refractivity contribution in [3.63, 3.8) is 0 Å². The molecule has 0 fully saturated rings. The van der Waals surface area contributed by atoms with Gasteiger partial charge >= 0.3 is 0 Å². The molecule has 0 aliphatic carbocycles. The van der Waals surface area contributed by atoms with Gasteiger partial charge in [0.25, 0.3) is 0 Å². The molecule has 2 N–H and O–H groups in total. The summed E-state index contributed by atoms with van der Waals surface area (Å²) >= 11 is 0. The molecule has 0 aromatic rings. The second kappa shape index (κ2) is 2.18. The van der Waals surface area contributed by atoms with E-state index in [1.54, 1.807) is 0 Å². The van der Waals surface area contributed by atoms with Crippen molar-refractivity contribution in [2.45, 2.75) is 19.5 Å². The zero-order valence-electron chi connectivity index (χ0n) is 10.3. The highest BCUT2D eigenvalue weighted by Crippen LogP contribution is 1.77. The molecule has 0 spiro atoms. The molecule has 2 nitrogen and oxygen atoms in total. The van der Waals surface area contributed by atoms with Crippen LogP contribution < -0.4 is 0 Å².